The number of nitrogens with zero attached hydrogens (tertiary/aromatic N) is 1. The van der Waals surface area contributed by atoms with Crippen LogP contribution in [0.25, 0.3) is 0 Å². The van der Waals surface area contributed by atoms with Crippen molar-refractivity contribution >= 4 is 28.8 Å². The molecular formula is C20H14F2N2O2S. The molecular weight excluding hydrogens is 370 g/mol. The third-order valence-corrected chi connectivity index (χ3v) is 5.24. The smallest absolute Gasteiger partial charge is 0.265 e. The Morgan fingerprint density at radius 2 is 1.81 bits per heavy atom. The molecule has 0 saturated heterocycles. The van der Waals surface area contributed by atoms with Gasteiger partial charge in [0.2, 0.25) is 5.91 Å². The molecule has 1 unspecified atom stereocenters. The van der Waals surface area contributed by atoms with Gasteiger partial charge >= 0.3 is 0 Å². The second kappa shape index (κ2) is 6.92. The SMILES string of the molecule is O=C1CN(C(=O)c2cccs2)C(c2ccc(F)cc2)c2cc(F)ccc2N1. The predicted octanol–water partition coefficient (Wildman–Crippen LogP) is 4.21. The van der Waals surface area contributed by atoms with Crippen molar-refractivity contribution in [1.82, 2.24) is 4.90 Å². The molecule has 0 fully saturated rings. The van der Waals surface area contributed by atoms with Gasteiger partial charge in [-0.25, -0.2) is 8.78 Å². The molecule has 2 aromatic carbocycles. The van der Waals surface area contributed by atoms with Gasteiger partial charge in [0, 0.05) is 11.3 Å². The molecule has 0 bridgehead atoms. The van der Waals surface area contributed by atoms with Gasteiger partial charge in [0.15, 0.2) is 0 Å². The van der Waals surface area contributed by atoms with Crippen molar-refractivity contribution in [1.29, 1.82) is 0 Å². The average Bonchev–Trinajstić information content (AvgIpc) is 3.14. The molecule has 0 spiro atoms. The van der Waals surface area contributed by atoms with E-state index in [1.165, 1.54) is 46.6 Å². The summed E-state index contributed by atoms with van der Waals surface area (Å²) < 4.78 is 27.4. The molecule has 1 aromatic heterocycles. The Balaban J connectivity index is 1.90. The quantitative estimate of drug-likeness (QED) is 0.720. The first-order valence-corrected chi connectivity index (χ1v) is 9.10. The third-order valence-electron chi connectivity index (χ3n) is 4.39. The fourth-order valence-corrected chi connectivity index (χ4v) is 3.89. The fourth-order valence-electron chi connectivity index (χ4n) is 3.21. The number of rotatable bonds is 2. The number of carbonyl (C=O) groups is 2. The maximum absolute atomic E-state index is 14.0. The van der Waals surface area contributed by atoms with Crippen LogP contribution in [-0.2, 0) is 4.79 Å². The minimum Gasteiger partial charge on any atom is -0.324 e. The van der Waals surface area contributed by atoms with Crippen LogP contribution in [0.2, 0.25) is 0 Å². The molecule has 27 heavy (non-hydrogen) atoms. The topological polar surface area (TPSA) is 49.4 Å². The highest BCUT2D eigenvalue weighted by atomic mass is 32.1. The van der Waals surface area contributed by atoms with Gasteiger partial charge < -0.3 is 10.2 Å². The van der Waals surface area contributed by atoms with Crippen molar-refractivity contribution < 1.29 is 18.4 Å². The number of benzene rings is 2. The number of carbonyl (C=O) groups excluding carboxylic acids is 2. The molecule has 1 aliphatic heterocycles. The van der Waals surface area contributed by atoms with Gasteiger partial charge in [-0.1, -0.05) is 18.2 Å². The maximum Gasteiger partial charge on any atom is 0.265 e. The highest BCUT2D eigenvalue weighted by molar-refractivity contribution is 7.12. The van der Waals surface area contributed by atoms with Crippen molar-refractivity contribution in [3.8, 4) is 0 Å². The normalized spacial score (nSPS) is 16.4. The van der Waals surface area contributed by atoms with E-state index >= 15 is 0 Å². The summed E-state index contributed by atoms with van der Waals surface area (Å²) in [6.07, 6.45) is 0. The van der Waals surface area contributed by atoms with Gasteiger partial charge in [-0.15, -0.1) is 11.3 Å². The number of halogens is 2. The van der Waals surface area contributed by atoms with Crippen LogP contribution in [0.1, 0.15) is 26.8 Å². The van der Waals surface area contributed by atoms with Gasteiger partial charge in [-0.05, 0) is 47.3 Å². The first-order valence-electron chi connectivity index (χ1n) is 8.22. The van der Waals surface area contributed by atoms with Crippen LogP contribution in [0.5, 0.6) is 0 Å². The Morgan fingerprint density at radius 3 is 2.52 bits per heavy atom. The summed E-state index contributed by atoms with van der Waals surface area (Å²) in [4.78, 5) is 27.3. The van der Waals surface area contributed by atoms with Gasteiger partial charge in [-0.2, -0.15) is 0 Å². The zero-order chi connectivity index (χ0) is 19.0. The Labute approximate surface area is 158 Å². The fraction of sp³-hybridized carbons (Fsp3) is 0.100. The molecule has 7 heteroatoms. The molecule has 1 N–H and O–H groups in total. The van der Waals surface area contributed by atoms with E-state index in [0.29, 0.717) is 21.7 Å². The molecule has 0 aliphatic carbocycles. The van der Waals surface area contributed by atoms with Crippen LogP contribution in [-0.4, -0.2) is 23.3 Å². The second-order valence-corrected chi connectivity index (χ2v) is 7.09. The highest BCUT2D eigenvalue weighted by Gasteiger charge is 2.34. The standard InChI is InChI=1S/C20H14F2N2O2S/c21-13-5-3-12(4-6-13)19-15-10-14(22)7-8-16(15)23-18(25)11-24(19)20(26)17-2-1-9-27-17/h1-10,19H,11H2,(H,23,25). The highest BCUT2D eigenvalue weighted by Crippen LogP contribution is 2.37. The van der Waals surface area contributed by atoms with Gasteiger partial charge in [-0.3, -0.25) is 9.59 Å². The first kappa shape index (κ1) is 17.4. The molecule has 4 rings (SSSR count). The van der Waals surface area contributed by atoms with E-state index in [0.717, 1.165) is 0 Å². The zero-order valence-corrected chi connectivity index (χ0v) is 14.8. The van der Waals surface area contributed by atoms with E-state index in [9.17, 15) is 18.4 Å². The molecule has 1 aliphatic rings. The summed E-state index contributed by atoms with van der Waals surface area (Å²) in [5, 5.41) is 4.49. The summed E-state index contributed by atoms with van der Waals surface area (Å²) in [6.45, 7) is -0.199. The summed E-state index contributed by atoms with van der Waals surface area (Å²) in [5.74, 6) is -1.62. The molecule has 0 saturated carbocycles. The molecule has 1 atom stereocenters. The van der Waals surface area contributed by atoms with Crippen molar-refractivity contribution in [3.63, 3.8) is 0 Å². The largest absolute Gasteiger partial charge is 0.324 e. The lowest BCUT2D eigenvalue weighted by Gasteiger charge is -2.30. The van der Waals surface area contributed by atoms with E-state index < -0.39 is 17.7 Å². The van der Waals surface area contributed by atoms with Gasteiger partial charge in [0.25, 0.3) is 5.91 Å². The Bertz CT molecular complexity index is 1000. The van der Waals surface area contributed by atoms with Gasteiger partial charge in [0.1, 0.15) is 18.2 Å². The van der Waals surface area contributed by atoms with Crippen LogP contribution in [0.4, 0.5) is 14.5 Å². The third kappa shape index (κ3) is 3.33. The summed E-state index contributed by atoms with van der Waals surface area (Å²) in [5.41, 5.74) is 1.46. The molecule has 4 nitrogen and oxygen atoms in total. The van der Waals surface area contributed by atoms with Crippen LogP contribution in [0, 0.1) is 11.6 Å². The molecule has 2 heterocycles. The molecule has 0 radical (unpaired) electrons. The minimum absolute atomic E-state index is 0.199. The summed E-state index contributed by atoms with van der Waals surface area (Å²) in [7, 11) is 0. The number of amides is 2. The second-order valence-electron chi connectivity index (χ2n) is 6.14. The van der Waals surface area contributed by atoms with E-state index in [1.54, 1.807) is 29.6 Å². The number of fused-ring (bicyclic) bond motifs is 1. The van der Waals surface area contributed by atoms with Crippen molar-refractivity contribution in [2.24, 2.45) is 0 Å². The number of hydrogen-bond acceptors (Lipinski definition) is 3. The first-order chi connectivity index (χ1) is 13.0. The van der Waals surface area contributed by atoms with Crippen LogP contribution >= 0.6 is 11.3 Å². The van der Waals surface area contributed by atoms with Crippen molar-refractivity contribution in [2.45, 2.75) is 6.04 Å². The summed E-state index contributed by atoms with van der Waals surface area (Å²) >= 11 is 1.26. The molecule has 136 valence electrons. The Morgan fingerprint density at radius 1 is 1.07 bits per heavy atom. The van der Waals surface area contributed by atoms with Crippen LogP contribution < -0.4 is 5.32 Å². The van der Waals surface area contributed by atoms with Crippen LogP contribution in [0.15, 0.2) is 60.0 Å². The van der Waals surface area contributed by atoms with Crippen molar-refractivity contribution in [3.05, 3.63) is 87.6 Å². The van der Waals surface area contributed by atoms with E-state index in [-0.39, 0.29) is 18.4 Å². The Kier molecular flexibility index (Phi) is 4.45. The molecule has 2 amide bonds. The predicted molar refractivity (Wildman–Crippen MR) is 98.6 cm³/mol. The van der Waals surface area contributed by atoms with E-state index in [1.807, 2.05) is 0 Å². The van der Waals surface area contributed by atoms with Gasteiger partial charge in [0.05, 0.1) is 10.9 Å². The zero-order valence-electron chi connectivity index (χ0n) is 14.0. The number of thiophene rings is 1. The lowest BCUT2D eigenvalue weighted by molar-refractivity contribution is -0.117. The lowest BCUT2D eigenvalue weighted by Crippen LogP contribution is -2.38. The Hall–Kier alpha value is -3.06. The minimum atomic E-state index is -0.732. The number of anilines is 1. The maximum atomic E-state index is 14.0. The van der Waals surface area contributed by atoms with Crippen LogP contribution in [0.3, 0.4) is 0 Å². The number of hydrogen-bond donors (Lipinski definition) is 1. The molecule has 3 aromatic rings. The number of nitrogens with one attached hydrogen (secondary N) is 1. The summed E-state index contributed by atoms with van der Waals surface area (Å²) in [6, 6.07) is 12.3. The lowest BCUT2D eigenvalue weighted by atomic mass is 9.95. The van der Waals surface area contributed by atoms with E-state index in [2.05, 4.69) is 5.32 Å². The van der Waals surface area contributed by atoms with Crippen molar-refractivity contribution in [2.75, 3.05) is 11.9 Å². The van der Waals surface area contributed by atoms with E-state index in [4.69, 9.17) is 0 Å². The average molecular weight is 384 g/mol. The monoisotopic (exact) mass is 384 g/mol.